The minimum Gasteiger partial charge on any atom is -0.465 e. The Morgan fingerprint density at radius 3 is 2.47 bits per heavy atom. The lowest BCUT2D eigenvalue weighted by Gasteiger charge is -2.33. The molecule has 188 valence electrons. The first-order valence-corrected chi connectivity index (χ1v) is 12.3. The van der Waals surface area contributed by atoms with E-state index in [1.807, 2.05) is 68.4 Å². The topological polar surface area (TPSA) is 88.8 Å². The third-order valence-corrected chi connectivity index (χ3v) is 6.40. The first-order valence-electron chi connectivity index (χ1n) is 11.9. The third kappa shape index (κ3) is 5.34. The number of hydrogen-bond donors (Lipinski definition) is 1. The zero-order chi connectivity index (χ0) is 25.8. The molecule has 0 fully saturated rings. The Bertz CT molecular complexity index is 1320. The van der Waals surface area contributed by atoms with Crippen LogP contribution in [0.2, 0.25) is 5.02 Å². The highest BCUT2D eigenvalue weighted by atomic mass is 35.5. The zero-order valence-electron chi connectivity index (χ0n) is 20.9. The van der Waals surface area contributed by atoms with Crippen molar-refractivity contribution in [1.29, 1.82) is 0 Å². The van der Waals surface area contributed by atoms with Crippen LogP contribution in [0.3, 0.4) is 0 Å². The van der Waals surface area contributed by atoms with Crippen molar-refractivity contribution >= 4 is 40.6 Å². The molecule has 4 rings (SSSR count). The van der Waals surface area contributed by atoms with Gasteiger partial charge in [-0.2, -0.15) is 4.98 Å². The Kier molecular flexibility index (Phi) is 7.86. The Hall–Kier alpha value is -3.49. The number of halogens is 1. The number of nitrogens with zero attached hydrogens (tertiary/aromatic N) is 4. The molecule has 1 aliphatic heterocycles. The molecule has 1 N–H and O–H groups in total. The van der Waals surface area contributed by atoms with Crippen molar-refractivity contribution < 1.29 is 9.53 Å². The number of ether oxygens (including phenoxy) is 1. The van der Waals surface area contributed by atoms with Gasteiger partial charge in [0.1, 0.15) is 17.6 Å². The van der Waals surface area contributed by atoms with Crippen molar-refractivity contribution in [2.24, 2.45) is 10.9 Å². The molecule has 0 bridgehead atoms. The van der Waals surface area contributed by atoms with E-state index < -0.39 is 17.5 Å². The maximum absolute atomic E-state index is 13.2. The number of anilines is 2. The highest BCUT2D eigenvalue weighted by molar-refractivity contribution is 6.30. The molecule has 0 radical (unpaired) electrons. The van der Waals surface area contributed by atoms with Crippen LogP contribution in [0, 0.1) is 5.92 Å². The van der Waals surface area contributed by atoms with Crippen molar-refractivity contribution in [3.05, 3.63) is 81.2 Å². The van der Waals surface area contributed by atoms with Gasteiger partial charge in [0.2, 0.25) is 0 Å². The van der Waals surface area contributed by atoms with Crippen molar-refractivity contribution in [2.75, 3.05) is 32.6 Å². The number of likely N-dealkylation sites (N-methyl/N-ethyl adjacent to an activating group) is 1. The first-order chi connectivity index (χ1) is 17.3. The van der Waals surface area contributed by atoms with Crippen molar-refractivity contribution in [1.82, 2.24) is 14.5 Å². The molecule has 0 spiro atoms. The summed E-state index contributed by atoms with van der Waals surface area (Å²) in [5.41, 5.74) is 2.48. The van der Waals surface area contributed by atoms with Crippen LogP contribution in [0.1, 0.15) is 30.9 Å². The summed E-state index contributed by atoms with van der Waals surface area (Å²) in [4.78, 5) is 37.8. The number of aliphatic imine (C=N–C) groups is 1. The van der Waals surface area contributed by atoms with Gasteiger partial charge < -0.3 is 15.0 Å². The maximum Gasteiger partial charge on any atom is 0.351 e. The molecule has 0 saturated carbocycles. The lowest BCUT2D eigenvalue weighted by Crippen LogP contribution is -2.37. The van der Waals surface area contributed by atoms with E-state index in [1.165, 1.54) is 0 Å². The fraction of sp³-hybridized carbons (Fsp3) is 0.333. The number of nitrogens with one attached hydrogen (secondary N) is 1. The highest BCUT2D eigenvalue weighted by Gasteiger charge is 2.42. The quantitative estimate of drug-likeness (QED) is 0.447. The molecule has 9 heteroatoms. The molecule has 1 aromatic heterocycles. The molecular weight excluding hydrogens is 478 g/mol. The lowest BCUT2D eigenvalue weighted by molar-refractivity contribution is -0.146. The Balaban J connectivity index is 1.98. The van der Waals surface area contributed by atoms with Crippen LogP contribution in [0.4, 0.5) is 17.3 Å². The van der Waals surface area contributed by atoms with Gasteiger partial charge in [0.25, 0.3) is 0 Å². The fourth-order valence-corrected chi connectivity index (χ4v) is 4.56. The van der Waals surface area contributed by atoms with Crippen molar-refractivity contribution in [3.63, 3.8) is 0 Å². The summed E-state index contributed by atoms with van der Waals surface area (Å²) >= 11 is 6.07. The first kappa shape index (κ1) is 25.6. The van der Waals surface area contributed by atoms with Gasteiger partial charge in [0.05, 0.1) is 6.61 Å². The normalized spacial score (nSPS) is 16.9. The van der Waals surface area contributed by atoms with Crippen LogP contribution in [0.5, 0.6) is 0 Å². The van der Waals surface area contributed by atoms with Gasteiger partial charge >= 0.3 is 11.7 Å². The summed E-state index contributed by atoms with van der Waals surface area (Å²) in [6.45, 7) is 4.89. The zero-order valence-corrected chi connectivity index (χ0v) is 21.6. The predicted molar refractivity (Wildman–Crippen MR) is 143 cm³/mol. The lowest BCUT2D eigenvalue weighted by atomic mass is 9.76. The van der Waals surface area contributed by atoms with E-state index >= 15 is 0 Å². The van der Waals surface area contributed by atoms with E-state index in [1.54, 1.807) is 23.6 Å². The summed E-state index contributed by atoms with van der Waals surface area (Å²) in [6, 6.07) is 16.9. The van der Waals surface area contributed by atoms with E-state index in [4.69, 9.17) is 21.3 Å². The molecule has 1 aliphatic rings. The molecular formula is C27H30ClN5O3. The largest absolute Gasteiger partial charge is 0.465 e. The van der Waals surface area contributed by atoms with Crippen LogP contribution in [-0.4, -0.2) is 53.4 Å². The molecule has 2 aromatic carbocycles. The predicted octanol–water partition coefficient (Wildman–Crippen LogP) is 4.62. The SMILES string of the molecule is CCOC(=O)C1C(C)=Nc2c(c(Nc3ccc(Cl)cc3)nc(=O)n2CCN(C)C)C1c1ccccc1. The van der Waals surface area contributed by atoms with Gasteiger partial charge in [-0.1, -0.05) is 41.9 Å². The molecule has 3 aromatic rings. The minimum absolute atomic E-state index is 0.257. The van der Waals surface area contributed by atoms with E-state index in [2.05, 4.69) is 10.3 Å². The van der Waals surface area contributed by atoms with E-state index in [9.17, 15) is 9.59 Å². The number of hydrogen-bond acceptors (Lipinski definition) is 7. The molecule has 2 heterocycles. The van der Waals surface area contributed by atoms with Crippen LogP contribution < -0.4 is 11.0 Å². The van der Waals surface area contributed by atoms with E-state index in [0.29, 0.717) is 46.7 Å². The summed E-state index contributed by atoms with van der Waals surface area (Å²) in [6.07, 6.45) is 0. The van der Waals surface area contributed by atoms with Crippen LogP contribution in [0.15, 0.2) is 64.4 Å². The van der Waals surface area contributed by atoms with Crippen LogP contribution in [-0.2, 0) is 16.1 Å². The average molecular weight is 508 g/mol. The smallest absolute Gasteiger partial charge is 0.351 e. The summed E-state index contributed by atoms with van der Waals surface area (Å²) in [5, 5.41) is 3.88. The Labute approximate surface area is 215 Å². The molecule has 0 saturated heterocycles. The monoisotopic (exact) mass is 507 g/mol. The average Bonchev–Trinajstić information content (AvgIpc) is 2.84. The number of carbonyl (C=O) groups excluding carboxylic acids is 1. The number of fused-ring (bicyclic) bond motifs is 1. The fourth-order valence-electron chi connectivity index (χ4n) is 4.43. The third-order valence-electron chi connectivity index (χ3n) is 6.14. The van der Waals surface area contributed by atoms with Crippen LogP contribution in [0.25, 0.3) is 0 Å². The summed E-state index contributed by atoms with van der Waals surface area (Å²) in [5.74, 6) is -0.613. The number of carbonyl (C=O) groups is 1. The van der Waals surface area contributed by atoms with E-state index in [-0.39, 0.29) is 12.6 Å². The van der Waals surface area contributed by atoms with Gasteiger partial charge in [-0.15, -0.1) is 0 Å². The summed E-state index contributed by atoms with van der Waals surface area (Å²) in [7, 11) is 3.89. The number of rotatable bonds is 8. The summed E-state index contributed by atoms with van der Waals surface area (Å²) < 4.78 is 7.06. The number of aromatic nitrogens is 2. The van der Waals surface area contributed by atoms with Crippen molar-refractivity contribution in [2.45, 2.75) is 26.3 Å². The molecule has 0 amide bonds. The molecule has 36 heavy (non-hydrogen) atoms. The molecule has 8 nitrogen and oxygen atoms in total. The van der Waals surface area contributed by atoms with Gasteiger partial charge in [-0.3, -0.25) is 9.36 Å². The molecule has 2 atom stereocenters. The Morgan fingerprint density at radius 2 is 1.83 bits per heavy atom. The second-order valence-corrected chi connectivity index (χ2v) is 9.37. The van der Waals surface area contributed by atoms with Crippen molar-refractivity contribution in [3.8, 4) is 0 Å². The van der Waals surface area contributed by atoms with Gasteiger partial charge in [0, 0.05) is 41.0 Å². The second-order valence-electron chi connectivity index (χ2n) is 8.94. The number of benzene rings is 2. The van der Waals surface area contributed by atoms with Gasteiger partial charge in [-0.25, -0.2) is 9.79 Å². The Morgan fingerprint density at radius 1 is 1.14 bits per heavy atom. The highest BCUT2D eigenvalue weighted by Crippen LogP contribution is 2.45. The van der Waals surface area contributed by atoms with E-state index in [0.717, 1.165) is 5.56 Å². The van der Waals surface area contributed by atoms with Crippen LogP contribution >= 0.6 is 11.6 Å². The molecule has 0 aliphatic carbocycles. The standard InChI is InChI=1S/C27H30ClN5O3/c1-5-36-26(34)21-17(2)29-25-23(22(21)18-9-7-6-8-10-18)24(30-20-13-11-19(28)12-14-20)31-27(35)33(25)16-15-32(3)4/h6-14,21-22H,5,15-16H2,1-4H3,(H,30,31,35). The maximum atomic E-state index is 13.2. The minimum atomic E-state index is -0.660. The van der Waals surface area contributed by atoms with Gasteiger partial charge in [-0.05, 0) is 57.8 Å². The molecule has 2 unspecified atom stereocenters. The van der Waals surface area contributed by atoms with Gasteiger partial charge in [0.15, 0.2) is 0 Å². The second kappa shape index (κ2) is 11.1. The number of esters is 1.